The number of nitrogens with one attached hydrogen (secondary N) is 1. The number of hydrogen-bond acceptors (Lipinski definition) is 3. The maximum atomic E-state index is 6.12. The zero-order valence-electron chi connectivity index (χ0n) is 16.6. The van der Waals surface area contributed by atoms with E-state index in [0.29, 0.717) is 6.54 Å². The molecule has 1 aliphatic rings. The van der Waals surface area contributed by atoms with E-state index in [9.17, 15) is 0 Å². The number of ether oxygens (including phenoxy) is 1. The topological polar surface area (TPSA) is 54.9 Å². The molecule has 0 spiro atoms. The van der Waals surface area contributed by atoms with Gasteiger partial charge in [-0.25, -0.2) is 0 Å². The molecule has 1 N–H and O–H groups in total. The number of nitrogens with zero attached hydrogens (tertiary/aromatic N) is 3. The summed E-state index contributed by atoms with van der Waals surface area (Å²) in [5.41, 5.74) is 1.14. The molecule has 0 radical (unpaired) electrons. The second-order valence-corrected chi connectivity index (χ2v) is 7.46. The van der Waals surface area contributed by atoms with Crippen molar-refractivity contribution >= 4 is 41.5 Å². The highest BCUT2D eigenvalue weighted by molar-refractivity contribution is 14.0. The summed E-state index contributed by atoms with van der Waals surface area (Å²) in [7, 11) is 4.05. The smallest absolute Gasteiger partial charge is 0.194 e. The number of aromatic nitrogens is 1. The van der Waals surface area contributed by atoms with Crippen molar-refractivity contribution in [3.63, 3.8) is 0 Å². The third-order valence-electron chi connectivity index (χ3n) is 4.79. The molecule has 0 aliphatic carbocycles. The Labute approximate surface area is 189 Å². The first-order chi connectivity index (χ1) is 13.1. The van der Waals surface area contributed by atoms with Crippen molar-refractivity contribution in [1.82, 2.24) is 14.8 Å². The van der Waals surface area contributed by atoms with E-state index < -0.39 is 0 Å². The lowest BCUT2D eigenvalue weighted by molar-refractivity contribution is 0.0223. The van der Waals surface area contributed by atoms with Gasteiger partial charge >= 0.3 is 0 Å². The molecule has 1 aliphatic heterocycles. The zero-order valence-corrected chi connectivity index (χ0v) is 19.7. The van der Waals surface area contributed by atoms with Gasteiger partial charge in [0.25, 0.3) is 0 Å². The van der Waals surface area contributed by atoms with Crippen molar-refractivity contribution in [3.05, 3.63) is 47.1 Å². The van der Waals surface area contributed by atoms with Crippen LogP contribution < -0.4 is 5.32 Å². The van der Waals surface area contributed by atoms with E-state index in [4.69, 9.17) is 25.7 Å². The Balaban J connectivity index is 0.00000280. The van der Waals surface area contributed by atoms with Gasteiger partial charge in [0.05, 0.1) is 30.5 Å². The molecule has 1 saturated heterocycles. The SMILES string of the molecule is CN(Cc1cc(Cl)cn1C)C(=NCC1CCCCO1)NCCc1ccco1.I. The van der Waals surface area contributed by atoms with Gasteiger partial charge in [-0.15, -0.1) is 24.0 Å². The molecule has 3 heterocycles. The van der Waals surface area contributed by atoms with E-state index in [2.05, 4.69) is 10.2 Å². The lowest BCUT2D eigenvalue weighted by Gasteiger charge is -2.25. The normalized spacial score (nSPS) is 17.2. The molecule has 6 nitrogen and oxygen atoms in total. The molecule has 1 atom stereocenters. The first-order valence-electron chi connectivity index (χ1n) is 9.56. The van der Waals surface area contributed by atoms with Crippen molar-refractivity contribution < 1.29 is 9.15 Å². The second-order valence-electron chi connectivity index (χ2n) is 7.03. The highest BCUT2D eigenvalue weighted by Crippen LogP contribution is 2.15. The molecule has 156 valence electrons. The van der Waals surface area contributed by atoms with E-state index in [1.165, 1.54) is 6.42 Å². The third-order valence-corrected chi connectivity index (χ3v) is 5.00. The van der Waals surface area contributed by atoms with Gasteiger partial charge in [-0.2, -0.15) is 0 Å². The number of aliphatic imine (C=N–C) groups is 1. The first kappa shape index (κ1) is 23.1. The number of aryl methyl sites for hydroxylation is 1. The van der Waals surface area contributed by atoms with Crippen molar-refractivity contribution in [2.24, 2.45) is 12.0 Å². The van der Waals surface area contributed by atoms with Crippen LogP contribution in [0.15, 0.2) is 40.1 Å². The fraction of sp³-hybridized carbons (Fsp3) is 0.550. The minimum absolute atomic E-state index is 0. The van der Waals surface area contributed by atoms with Crippen molar-refractivity contribution in [2.75, 3.05) is 26.7 Å². The Morgan fingerprint density at radius 2 is 2.29 bits per heavy atom. The molecule has 0 bridgehead atoms. The van der Waals surface area contributed by atoms with Gasteiger partial charge in [-0.3, -0.25) is 4.99 Å². The Kier molecular flexibility index (Phi) is 9.67. The molecule has 0 amide bonds. The summed E-state index contributed by atoms with van der Waals surface area (Å²) in [5.74, 6) is 1.84. The fourth-order valence-corrected chi connectivity index (χ4v) is 3.52. The molecule has 1 unspecified atom stereocenters. The summed E-state index contributed by atoms with van der Waals surface area (Å²) in [6.45, 7) is 3.01. The van der Waals surface area contributed by atoms with E-state index in [1.54, 1.807) is 6.26 Å². The molecule has 0 aromatic carbocycles. The average molecular weight is 521 g/mol. The Morgan fingerprint density at radius 3 is 2.93 bits per heavy atom. The molecule has 28 heavy (non-hydrogen) atoms. The standard InChI is InChI=1S/C20H29ClN4O2.HI/c1-24-14-16(21)12-17(24)15-25(2)20(22-9-8-18-7-5-11-26-18)23-13-19-6-3-4-10-27-19;/h5,7,11-12,14,19H,3-4,6,8-10,13,15H2,1-2H3,(H,22,23);1H. The minimum Gasteiger partial charge on any atom is -0.469 e. The summed E-state index contributed by atoms with van der Waals surface area (Å²) >= 11 is 6.12. The summed E-state index contributed by atoms with van der Waals surface area (Å²) in [6, 6.07) is 5.89. The fourth-order valence-electron chi connectivity index (χ4n) is 3.24. The van der Waals surface area contributed by atoms with Gasteiger partial charge < -0.3 is 23.9 Å². The monoisotopic (exact) mass is 520 g/mol. The number of halogens is 2. The van der Waals surface area contributed by atoms with Crippen LogP contribution in [0.2, 0.25) is 5.02 Å². The largest absolute Gasteiger partial charge is 0.469 e. The number of hydrogen-bond donors (Lipinski definition) is 1. The van der Waals surface area contributed by atoms with Gasteiger partial charge in [0.2, 0.25) is 0 Å². The molecule has 2 aromatic heterocycles. The summed E-state index contributed by atoms with van der Waals surface area (Å²) in [6.07, 6.45) is 8.12. The van der Waals surface area contributed by atoms with Crippen LogP contribution in [0.5, 0.6) is 0 Å². The lowest BCUT2D eigenvalue weighted by atomic mass is 10.1. The Hall–Kier alpha value is -1.19. The summed E-state index contributed by atoms with van der Waals surface area (Å²) in [4.78, 5) is 6.95. The minimum atomic E-state index is 0. The van der Waals surface area contributed by atoms with Crippen LogP contribution in [0.1, 0.15) is 30.7 Å². The van der Waals surface area contributed by atoms with Gasteiger partial charge in [-0.05, 0) is 37.5 Å². The average Bonchev–Trinajstić information content (AvgIpc) is 3.28. The van der Waals surface area contributed by atoms with E-state index in [-0.39, 0.29) is 30.1 Å². The quantitative estimate of drug-likeness (QED) is 0.340. The van der Waals surface area contributed by atoms with E-state index in [1.807, 2.05) is 43.1 Å². The van der Waals surface area contributed by atoms with Crippen molar-refractivity contribution in [3.8, 4) is 0 Å². The van der Waals surface area contributed by atoms with Gasteiger partial charge in [0, 0.05) is 45.6 Å². The van der Waals surface area contributed by atoms with Gasteiger partial charge in [0.15, 0.2) is 5.96 Å². The highest BCUT2D eigenvalue weighted by Gasteiger charge is 2.15. The molecular weight excluding hydrogens is 491 g/mol. The highest BCUT2D eigenvalue weighted by atomic mass is 127. The Bertz CT molecular complexity index is 727. The van der Waals surface area contributed by atoms with Crippen molar-refractivity contribution in [2.45, 2.75) is 38.3 Å². The number of rotatable bonds is 7. The molecule has 1 fully saturated rings. The second kappa shape index (κ2) is 11.7. The molecule has 0 saturated carbocycles. The van der Waals surface area contributed by atoms with Crippen LogP contribution in [0.4, 0.5) is 0 Å². The first-order valence-corrected chi connectivity index (χ1v) is 9.94. The third kappa shape index (κ3) is 7.00. The predicted octanol–water partition coefficient (Wildman–Crippen LogP) is 4.08. The molecule has 8 heteroatoms. The van der Waals surface area contributed by atoms with Crippen LogP contribution in [0.25, 0.3) is 0 Å². The number of guanidine groups is 1. The summed E-state index contributed by atoms with van der Waals surface area (Å²) in [5, 5.41) is 4.21. The van der Waals surface area contributed by atoms with Crippen molar-refractivity contribution in [1.29, 1.82) is 0 Å². The predicted molar refractivity (Wildman–Crippen MR) is 124 cm³/mol. The van der Waals surface area contributed by atoms with Gasteiger partial charge in [-0.1, -0.05) is 11.6 Å². The Morgan fingerprint density at radius 1 is 1.43 bits per heavy atom. The molecule has 3 rings (SSSR count). The maximum Gasteiger partial charge on any atom is 0.194 e. The van der Waals surface area contributed by atoms with Crippen LogP contribution in [-0.2, 0) is 24.8 Å². The zero-order chi connectivity index (χ0) is 19.1. The number of furan rings is 1. The molecule has 2 aromatic rings. The maximum absolute atomic E-state index is 6.12. The van der Waals surface area contributed by atoms with Crippen LogP contribution >= 0.6 is 35.6 Å². The van der Waals surface area contributed by atoms with E-state index in [0.717, 1.165) is 61.4 Å². The van der Waals surface area contributed by atoms with Gasteiger partial charge in [0.1, 0.15) is 5.76 Å². The lowest BCUT2D eigenvalue weighted by Crippen LogP contribution is -2.40. The summed E-state index contributed by atoms with van der Waals surface area (Å²) < 4.78 is 13.3. The van der Waals surface area contributed by atoms with E-state index >= 15 is 0 Å². The van der Waals surface area contributed by atoms with Crippen LogP contribution in [0, 0.1) is 0 Å². The molecular formula is C20H30ClIN4O2. The van der Waals surface area contributed by atoms with Crippen LogP contribution in [0.3, 0.4) is 0 Å². The van der Waals surface area contributed by atoms with Crippen LogP contribution in [-0.4, -0.2) is 48.3 Å².